The maximum absolute atomic E-state index is 12.4. The topological polar surface area (TPSA) is 88.7 Å². The van der Waals surface area contributed by atoms with Gasteiger partial charge in [0.2, 0.25) is 0 Å². The number of thiocarbonyl (C=S) groups is 1. The van der Waals surface area contributed by atoms with Crippen LogP contribution in [0.5, 0.6) is 11.5 Å². The minimum atomic E-state index is -0.469. The zero-order valence-corrected chi connectivity index (χ0v) is 21.8. The van der Waals surface area contributed by atoms with E-state index < -0.39 is 11.8 Å². The Balaban J connectivity index is 1.37. The summed E-state index contributed by atoms with van der Waals surface area (Å²) < 4.78 is 12.7. The highest BCUT2D eigenvalue weighted by atomic mass is 79.9. The molecule has 0 atom stereocenters. The fraction of sp³-hybridized carbons (Fsp3) is 0.125. The second-order valence-electron chi connectivity index (χ2n) is 6.93. The van der Waals surface area contributed by atoms with Gasteiger partial charge in [-0.15, -0.1) is 0 Å². The molecule has 0 radical (unpaired) electrons. The third-order valence-electron chi connectivity index (χ3n) is 4.41. The monoisotopic (exact) mass is 605 g/mol. The molecule has 10 heteroatoms. The number of amides is 2. The zero-order chi connectivity index (χ0) is 24.3. The highest BCUT2D eigenvalue weighted by Crippen LogP contribution is 2.28. The van der Waals surface area contributed by atoms with Crippen LogP contribution >= 0.6 is 44.1 Å². The van der Waals surface area contributed by atoms with Gasteiger partial charge in [-0.3, -0.25) is 25.8 Å². The lowest BCUT2D eigenvalue weighted by Crippen LogP contribution is -2.49. The van der Waals surface area contributed by atoms with Crippen molar-refractivity contribution in [1.82, 2.24) is 16.2 Å². The van der Waals surface area contributed by atoms with E-state index in [4.69, 9.17) is 21.7 Å². The summed E-state index contributed by atoms with van der Waals surface area (Å²) in [5.41, 5.74) is 6.44. The molecular weight excluding hydrogens is 586 g/mol. The van der Waals surface area contributed by atoms with Crippen LogP contribution in [0.1, 0.15) is 15.9 Å². The molecular formula is C24H21Br2N3O4S. The average molecular weight is 607 g/mol. The molecule has 0 spiro atoms. The molecule has 0 bridgehead atoms. The van der Waals surface area contributed by atoms with Crippen molar-refractivity contribution in [3.8, 4) is 11.5 Å². The van der Waals surface area contributed by atoms with Gasteiger partial charge in [-0.05, 0) is 76.2 Å². The lowest BCUT2D eigenvalue weighted by Gasteiger charge is -2.12. The molecule has 0 saturated heterocycles. The Morgan fingerprint density at radius 2 is 1.62 bits per heavy atom. The number of rotatable bonds is 8. The van der Waals surface area contributed by atoms with E-state index in [0.717, 1.165) is 10.9 Å². The Hall–Kier alpha value is -2.95. The van der Waals surface area contributed by atoms with Gasteiger partial charge >= 0.3 is 0 Å². The van der Waals surface area contributed by atoms with Crippen molar-refractivity contribution in [2.45, 2.75) is 6.42 Å². The second-order valence-corrected chi connectivity index (χ2v) is 9.11. The first-order valence-corrected chi connectivity index (χ1v) is 12.1. The molecule has 0 fully saturated rings. The maximum Gasteiger partial charge on any atom is 0.276 e. The predicted octanol–water partition coefficient (Wildman–Crippen LogP) is 4.55. The lowest BCUT2D eigenvalue weighted by atomic mass is 10.2. The Kier molecular flexibility index (Phi) is 9.87. The van der Waals surface area contributed by atoms with Crippen molar-refractivity contribution in [3.63, 3.8) is 0 Å². The van der Waals surface area contributed by atoms with E-state index in [9.17, 15) is 9.59 Å². The number of benzene rings is 3. The summed E-state index contributed by atoms with van der Waals surface area (Å²) in [4.78, 5) is 24.3. The SMILES string of the molecule is O=C(COc1ccc(Br)cc1Br)NNC(=S)NC(=O)c1ccc(OCCc2ccccc2)cc1. The first-order valence-electron chi connectivity index (χ1n) is 10.2. The number of carbonyl (C=O) groups is 2. The third-order valence-corrected chi connectivity index (χ3v) is 5.73. The number of ether oxygens (including phenoxy) is 2. The van der Waals surface area contributed by atoms with Gasteiger partial charge in [-0.1, -0.05) is 46.3 Å². The number of halogens is 2. The summed E-state index contributed by atoms with van der Waals surface area (Å²) in [6, 6.07) is 22.1. The summed E-state index contributed by atoms with van der Waals surface area (Å²) >= 11 is 11.8. The quantitative estimate of drug-likeness (QED) is 0.258. The molecule has 3 aromatic rings. The van der Waals surface area contributed by atoms with Gasteiger partial charge < -0.3 is 9.47 Å². The molecule has 0 saturated carbocycles. The van der Waals surface area contributed by atoms with Gasteiger partial charge in [0.1, 0.15) is 11.5 Å². The minimum absolute atomic E-state index is 0.0497. The van der Waals surface area contributed by atoms with Gasteiger partial charge in [-0.2, -0.15) is 0 Å². The largest absolute Gasteiger partial charge is 0.493 e. The molecule has 3 rings (SSSR count). The Morgan fingerprint density at radius 3 is 2.32 bits per heavy atom. The fourth-order valence-corrected chi connectivity index (χ4v) is 4.04. The van der Waals surface area contributed by atoms with Crippen LogP contribution in [-0.2, 0) is 11.2 Å². The first kappa shape index (κ1) is 25.7. The van der Waals surface area contributed by atoms with E-state index in [1.54, 1.807) is 42.5 Å². The number of hydrogen-bond acceptors (Lipinski definition) is 5. The fourth-order valence-electron chi connectivity index (χ4n) is 2.74. The summed E-state index contributed by atoms with van der Waals surface area (Å²) in [6.45, 7) is 0.293. The van der Waals surface area contributed by atoms with Crippen LogP contribution in [0, 0.1) is 0 Å². The third kappa shape index (κ3) is 8.44. The van der Waals surface area contributed by atoms with E-state index in [1.807, 2.05) is 30.3 Å². The first-order chi connectivity index (χ1) is 16.4. The molecule has 176 valence electrons. The van der Waals surface area contributed by atoms with Crippen molar-refractivity contribution >= 4 is 61.0 Å². The standard InChI is InChI=1S/C24H21Br2N3O4S/c25-18-8-11-21(20(26)14-18)33-15-22(30)28-29-24(34)27-23(31)17-6-9-19(10-7-17)32-13-12-16-4-2-1-3-5-16/h1-11,14H,12-13,15H2,(H,28,30)(H2,27,29,31,34). The molecule has 0 aliphatic rings. The Labute approximate surface area is 219 Å². The summed E-state index contributed by atoms with van der Waals surface area (Å²) in [5.74, 6) is 0.292. The van der Waals surface area contributed by atoms with Crippen LogP contribution in [0.15, 0.2) is 81.7 Å². The lowest BCUT2D eigenvalue weighted by molar-refractivity contribution is -0.123. The van der Waals surface area contributed by atoms with Crippen molar-refractivity contribution < 1.29 is 19.1 Å². The molecule has 0 unspecified atom stereocenters. The molecule has 0 aromatic heterocycles. The molecule has 0 aliphatic heterocycles. The average Bonchev–Trinajstić information content (AvgIpc) is 2.83. The molecule has 34 heavy (non-hydrogen) atoms. The smallest absolute Gasteiger partial charge is 0.276 e. The van der Waals surface area contributed by atoms with E-state index >= 15 is 0 Å². The van der Waals surface area contributed by atoms with Crippen LogP contribution in [0.3, 0.4) is 0 Å². The van der Waals surface area contributed by atoms with Gasteiger partial charge in [-0.25, -0.2) is 0 Å². The van der Waals surface area contributed by atoms with Gasteiger partial charge in [0.25, 0.3) is 11.8 Å². The normalized spacial score (nSPS) is 10.2. The molecule has 3 N–H and O–H groups in total. The zero-order valence-electron chi connectivity index (χ0n) is 17.8. The van der Waals surface area contributed by atoms with Crippen molar-refractivity contribution in [2.75, 3.05) is 13.2 Å². The van der Waals surface area contributed by atoms with Crippen LogP contribution < -0.4 is 25.6 Å². The number of nitrogens with one attached hydrogen (secondary N) is 3. The van der Waals surface area contributed by atoms with E-state index in [-0.39, 0.29) is 11.7 Å². The Morgan fingerprint density at radius 1 is 0.882 bits per heavy atom. The van der Waals surface area contributed by atoms with Gasteiger partial charge in [0, 0.05) is 16.5 Å². The molecule has 2 amide bonds. The summed E-state index contributed by atoms with van der Waals surface area (Å²) in [7, 11) is 0. The van der Waals surface area contributed by atoms with Crippen molar-refractivity contribution in [3.05, 3.63) is 92.9 Å². The van der Waals surface area contributed by atoms with Gasteiger partial charge in [0.15, 0.2) is 11.7 Å². The highest BCUT2D eigenvalue weighted by molar-refractivity contribution is 9.11. The maximum atomic E-state index is 12.4. The van der Waals surface area contributed by atoms with Crippen LogP contribution in [0.25, 0.3) is 0 Å². The Bertz CT molecular complexity index is 1140. The van der Waals surface area contributed by atoms with Crippen molar-refractivity contribution in [1.29, 1.82) is 0 Å². The summed E-state index contributed by atoms with van der Waals surface area (Å²) in [6.07, 6.45) is 0.792. The van der Waals surface area contributed by atoms with Crippen LogP contribution in [0.4, 0.5) is 0 Å². The van der Waals surface area contributed by atoms with Crippen LogP contribution in [-0.4, -0.2) is 30.1 Å². The van der Waals surface area contributed by atoms with E-state index in [2.05, 4.69) is 48.0 Å². The highest BCUT2D eigenvalue weighted by Gasteiger charge is 2.10. The van der Waals surface area contributed by atoms with Gasteiger partial charge in [0.05, 0.1) is 11.1 Å². The molecule has 7 nitrogen and oxygen atoms in total. The van der Waals surface area contributed by atoms with Crippen molar-refractivity contribution in [2.24, 2.45) is 0 Å². The van der Waals surface area contributed by atoms with E-state index in [1.165, 1.54) is 5.56 Å². The summed E-state index contributed by atoms with van der Waals surface area (Å²) in [5, 5.41) is 2.45. The predicted molar refractivity (Wildman–Crippen MR) is 141 cm³/mol. The number of hydrogen-bond donors (Lipinski definition) is 3. The molecule has 3 aromatic carbocycles. The number of hydrazine groups is 1. The van der Waals surface area contributed by atoms with Crippen LogP contribution in [0.2, 0.25) is 0 Å². The second kappa shape index (κ2) is 13.1. The molecule has 0 aliphatic carbocycles. The van der Waals surface area contributed by atoms with E-state index in [0.29, 0.717) is 28.1 Å². The number of carbonyl (C=O) groups excluding carboxylic acids is 2. The molecule has 0 heterocycles. The minimum Gasteiger partial charge on any atom is -0.493 e.